The van der Waals surface area contributed by atoms with Crippen LogP contribution in [0.4, 0.5) is 11.6 Å². The van der Waals surface area contributed by atoms with Crippen LogP contribution in [-0.2, 0) is 6.42 Å². The van der Waals surface area contributed by atoms with E-state index in [0.717, 1.165) is 75.3 Å². The summed E-state index contributed by atoms with van der Waals surface area (Å²) in [7, 11) is 0. The van der Waals surface area contributed by atoms with Crippen molar-refractivity contribution in [1.82, 2.24) is 24.8 Å². The van der Waals surface area contributed by atoms with E-state index < -0.39 is 0 Å². The van der Waals surface area contributed by atoms with Gasteiger partial charge in [0, 0.05) is 75.9 Å². The number of anilines is 2. The van der Waals surface area contributed by atoms with E-state index in [-0.39, 0.29) is 0 Å². The van der Waals surface area contributed by atoms with Crippen molar-refractivity contribution in [1.29, 1.82) is 0 Å². The first-order chi connectivity index (χ1) is 13.7. The predicted molar refractivity (Wildman–Crippen MR) is 112 cm³/mol. The molecule has 2 saturated heterocycles. The second-order valence-electron chi connectivity index (χ2n) is 7.84. The minimum absolute atomic E-state index is 0.679. The maximum absolute atomic E-state index is 4.81. The molecule has 0 N–H and O–H groups in total. The van der Waals surface area contributed by atoms with E-state index in [0.29, 0.717) is 6.04 Å². The summed E-state index contributed by atoms with van der Waals surface area (Å²) in [5.41, 5.74) is 1.08. The zero-order chi connectivity index (χ0) is 19.3. The zero-order valence-electron chi connectivity index (χ0n) is 17.1. The Kier molecular flexibility index (Phi) is 6.00. The molecule has 2 aliphatic heterocycles. The highest BCUT2D eigenvalue weighted by molar-refractivity contribution is 5.40. The van der Waals surface area contributed by atoms with Crippen molar-refractivity contribution in [2.75, 3.05) is 49.1 Å². The van der Waals surface area contributed by atoms with Crippen LogP contribution in [0.5, 0.6) is 0 Å². The zero-order valence-corrected chi connectivity index (χ0v) is 17.1. The van der Waals surface area contributed by atoms with Crippen molar-refractivity contribution in [3.63, 3.8) is 0 Å². The van der Waals surface area contributed by atoms with Gasteiger partial charge in [0.05, 0.1) is 6.20 Å². The molecule has 0 radical (unpaired) electrons. The molecule has 2 aromatic heterocycles. The Morgan fingerprint density at radius 1 is 0.929 bits per heavy atom. The summed E-state index contributed by atoms with van der Waals surface area (Å²) in [6.07, 6.45) is 9.84. The SMILES string of the molecule is CCCc1nc(C)cc(N2CCC(N3CCN(c4cnccn4)CC3)CC2)n1. The minimum Gasteiger partial charge on any atom is -0.356 e. The Morgan fingerprint density at radius 3 is 2.36 bits per heavy atom. The van der Waals surface area contributed by atoms with Crippen LogP contribution in [0.2, 0.25) is 0 Å². The van der Waals surface area contributed by atoms with Crippen LogP contribution in [0.25, 0.3) is 0 Å². The largest absolute Gasteiger partial charge is 0.356 e. The van der Waals surface area contributed by atoms with Gasteiger partial charge in [0.25, 0.3) is 0 Å². The smallest absolute Gasteiger partial charge is 0.147 e. The van der Waals surface area contributed by atoms with Gasteiger partial charge in [-0.15, -0.1) is 0 Å². The maximum atomic E-state index is 4.81. The van der Waals surface area contributed by atoms with E-state index in [1.54, 1.807) is 12.4 Å². The number of aromatic nitrogens is 4. The summed E-state index contributed by atoms with van der Waals surface area (Å²) in [5.74, 6) is 3.10. The number of piperidine rings is 1. The molecule has 4 rings (SSSR count). The Morgan fingerprint density at radius 2 is 1.68 bits per heavy atom. The molecule has 0 amide bonds. The van der Waals surface area contributed by atoms with Gasteiger partial charge in [-0.3, -0.25) is 9.88 Å². The van der Waals surface area contributed by atoms with Crippen LogP contribution in [-0.4, -0.2) is 70.1 Å². The fraction of sp³-hybridized carbons (Fsp3) is 0.619. The highest BCUT2D eigenvalue weighted by atomic mass is 15.3. The van der Waals surface area contributed by atoms with Crippen LogP contribution in [0.15, 0.2) is 24.7 Å². The molecular weight excluding hydrogens is 350 g/mol. The Balaban J connectivity index is 1.30. The average molecular weight is 382 g/mol. The third kappa shape index (κ3) is 4.41. The van der Waals surface area contributed by atoms with Crippen molar-refractivity contribution < 1.29 is 0 Å². The third-order valence-electron chi connectivity index (χ3n) is 5.85. The summed E-state index contributed by atoms with van der Waals surface area (Å²) in [4.78, 5) is 25.5. The van der Waals surface area contributed by atoms with Gasteiger partial charge in [-0.25, -0.2) is 15.0 Å². The maximum Gasteiger partial charge on any atom is 0.147 e. The molecule has 7 heteroatoms. The molecule has 0 aliphatic carbocycles. The first-order valence-corrected chi connectivity index (χ1v) is 10.6. The van der Waals surface area contributed by atoms with Crippen molar-refractivity contribution in [2.45, 2.75) is 45.6 Å². The molecule has 0 aromatic carbocycles. The topological polar surface area (TPSA) is 61.3 Å². The molecule has 150 valence electrons. The lowest BCUT2D eigenvalue weighted by atomic mass is 10.0. The van der Waals surface area contributed by atoms with Gasteiger partial charge in [-0.1, -0.05) is 6.92 Å². The van der Waals surface area contributed by atoms with E-state index in [1.165, 1.54) is 12.8 Å². The molecule has 28 heavy (non-hydrogen) atoms. The fourth-order valence-electron chi connectivity index (χ4n) is 4.34. The van der Waals surface area contributed by atoms with Crippen LogP contribution in [0.3, 0.4) is 0 Å². The third-order valence-corrected chi connectivity index (χ3v) is 5.85. The van der Waals surface area contributed by atoms with E-state index in [9.17, 15) is 0 Å². The number of piperazine rings is 1. The second-order valence-corrected chi connectivity index (χ2v) is 7.84. The van der Waals surface area contributed by atoms with Crippen LogP contribution in [0, 0.1) is 6.92 Å². The van der Waals surface area contributed by atoms with Crippen molar-refractivity contribution in [3.05, 3.63) is 36.2 Å². The van der Waals surface area contributed by atoms with Gasteiger partial charge >= 0.3 is 0 Å². The number of hydrogen-bond donors (Lipinski definition) is 0. The van der Waals surface area contributed by atoms with E-state index in [2.05, 4.69) is 49.6 Å². The molecule has 0 atom stereocenters. The van der Waals surface area contributed by atoms with E-state index in [4.69, 9.17) is 4.98 Å². The first-order valence-electron chi connectivity index (χ1n) is 10.6. The summed E-state index contributed by atoms with van der Waals surface area (Å²) in [6.45, 7) is 10.7. The second kappa shape index (κ2) is 8.82. The molecule has 2 aromatic rings. The number of aryl methyl sites for hydroxylation is 2. The Hall–Kier alpha value is -2.28. The summed E-state index contributed by atoms with van der Waals surface area (Å²) >= 11 is 0. The standard InChI is InChI=1S/C21H31N7/c1-3-4-19-24-17(2)15-20(25-19)27-9-5-18(6-10-27)26-11-13-28(14-12-26)21-16-22-7-8-23-21/h7-8,15-16,18H,3-6,9-14H2,1-2H3. The summed E-state index contributed by atoms with van der Waals surface area (Å²) in [6, 6.07) is 2.82. The average Bonchev–Trinajstić information content (AvgIpc) is 2.74. The minimum atomic E-state index is 0.679. The predicted octanol–water partition coefficient (Wildman–Crippen LogP) is 2.32. The lowest BCUT2D eigenvalue weighted by Gasteiger charge is -2.43. The Bertz CT molecular complexity index is 751. The van der Waals surface area contributed by atoms with E-state index >= 15 is 0 Å². The molecule has 0 saturated carbocycles. The monoisotopic (exact) mass is 381 g/mol. The van der Waals surface area contributed by atoms with Crippen LogP contribution < -0.4 is 9.80 Å². The Labute approximate surface area is 167 Å². The molecule has 4 heterocycles. The van der Waals surface area contributed by atoms with Gasteiger partial charge in [-0.05, 0) is 26.2 Å². The van der Waals surface area contributed by atoms with Gasteiger partial charge in [0.15, 0.2) is 0 Å². The van der Waals surface area contributed by atoms with E-state index in [1.807, 2.05) is 6.20 Å². The van der Waals surface area contributed by atoms with Crippen molar-refractivity contribution in [2.24, 2.45) is 0 Å². The number of rotatable bonds is 5. The molecular formula is C21H31N7. The molecule has 2 aliphatic rings. The highest BCUT2D eigenvalue weighted by Crippen LogP contribution is 2.23. The van der Waals surface area contributed by atoms with Gasteiger partial charge < -0.3 is 9.80 Å². The molecule has 0 bridgehead atoms. The normalized spacial score (nSPS) is 19.2. The first kappa shape index (κ1) is 19.1. The molecule has 7 nitrogen and oxygen atoms in total. The van der Waals surface area contributed by atoms with Crippen LogP contribution in [0.1, 0.15) is 37.7 Å². The summed E-state index contributed by atoms with van der Waals surface area (Å²) < 4.78 is 0. The fourth-order valence-corrected chi connectivity index (χ4v) is 4.34. The highest BCUT2D eigenvalue weighted by Gasteiger charge is 2.28. The molecule has 0 spiro atoms. The molecule has 0 unspecified atom stereocenters. The lowest BCUT2D eigenvalue weighted by molar-refractivity contribution is 0.159. The van der Waals surface area contributed by atoms with Crippen LogP contribution >= 0.6 is 0 Å². The van der Waals surface area contributed by atoms with Gasteiger partial charge in [-0.2, -0.15) is 0 Å². The van der Waals surface area contributed by atoms with Crippen molar-refractivity contribution >= 4 is 11.6 Å². The van der Waals surface area contributed by atoms with Crippen molar-refractivity contribution in [3.8, 4) is 0 Å². The lowest BCUT2D eigenvalue weighted by Crippen LogP contribution is -2.53. The van der Waals surface area contributed by atoms with Gasteiger partial charge in [0.1, 0.15) is 17.5 Å². The summed E-state index contributed by atoms with van der Waals surface area (Å²) in [5, 5.41) is 0. The van der Waals surface area contributed by atoms with Gasteiger partial charge in [0.2, 0.25) is 0 Å². The number of hydrogen-bond acceptors (Lipinski definition) is 7. The number of nitrogens with zero attached hydrogens (tertiary/aromatic N) is 7. The molecule has 2 fully saturated rings. The quantitative estimate of drug-likeness (QED) is 0.788.